The molecule has 5 heteroatoms. The van der Waals surface area contributed by atoms with Crippen molar-refractivity contribution in [2.24, 2.45) is 0 Å². The van der Waals surface area contributed by atoms with Gasteiger partial charge in [0, 0.05) is 19.3 Å². The lowest BCUT2D eigenvalue weighted by molar-refractivity contribution is 0.0765. The van der Waals surface area contributed by atoms with Crippen molar-refractivity contribution in [1.29, 1.82) is 0 Å². The van der Waals surface area contributed by atoms with E-state index in [1.165, 1.54) is 4.90 Å². The van der Waals surface area contributed by atoms with Gasteiger partial charge in [-0.3, -0.25) is 4.79 Å². The van der Waals surface area contributed by atoms with Gasteiger partial charge in [-0.1, -0.05) is 0 Å². The van der Waals surface area contributed by atoms with Crippen LogP contribution in [0.15, 0.2) is 16.7 Å². The second-order valence-electron chi connectivity index (χ2n) is 3.24. The Morgan fingerprint density at radius 1 is 1.60 bits per heavy atom. The molecule has 0 bridgehead atoms. The molecule has 0 radical (unpaired) electrons. The highest BCUT2D eigenvalue weighted by atomic mass is 79.9. The van der Waals surface area contributed by atoms with E-state index >= 15 is 0 Å². The van der Waals surface area contributed by atoms with Gasteiger partial charge in [-0.05, 0) is 35.0 Å². The predicted octanol–water partition coefficient (Wildman–Crippen LogP) is 1.22. The SMILES string of the molecule is Cc1ccc(C(=O)N(C)CCO)c(Br)n1. The summed E-state index contributed by atoms with van der Waals surface area (Å²) in [7, 11) is 1.64. The first kappa shape index (κ1) is 12.1. The number of nitrogens with zero attached hydrogens (tertiary/aromatic N) is 2. The van der Waals surface area contributed by atoms with E-state index in [1.54, 1.807) is 19.2 Å². The Labute approximate surface area is 97.1 Å². The minimum atomic E-state index is -0.150. The molecule has 1 amide bonds. The van der Waals surface area contributed by atoms with Gasteiger partial charge >= 0.3 is 0 Å². The van der Waals surface area contributed by atoms with Crippen LogP contribution in [0.1, 0.15) is 16.1 Å². The van der Waals surface area contributed by atoms with Gasteiger partial charge in [-0.15, -0.1) is 0 Å². The van der Waals surface area contributed by atoms with Crippen molar-refractivity contribution in [3.8, 4) is 0 Å². The van der Waals surface area contributed by atoms with E-state index in [4.69, 9.17) is 5.11 Å². The van der Waals surface area contributed by atoms with Crippen molar-refractivity contribution in [1.82, 2.24) is 9.88 Å². The van der Waals surface area contributed by atoms with Gasteiger partial charge in [0.05, 0.1) is 12.2 Å². The van der Waals surface area contributed by atoms with Crippen molar-refractivity contribution in [2.45, 2.75) is 6.92 Å². The number of pyridine rings is 1. The van der Waals surface area contributed by atoms with Crippen LogP contribution in [0.3, 0.4) is 0 Å². The first-order chi connectivity index (χ1) is 7.06. The normalized spacial score (nSPS) is 10.1. The Morgan fingerprint density at radius 3 is 2.80 bits per heavy atom. The van der Waals surface area contributed by atoms with Crippen LogP contribution in [0, 0.1) is 6.92 Å². The lowest BCUT2D eigenvalue weighted by Gasteiger charge is -2.16. The fourth-order valence-electron chi connectivity index (χ4n) is 1.14. The van der Waals surface area contributed by atoms with E-state index < -0.39 is 0 Å². The molecule has 0 atom stereocenters. The van der Waals surface area contributed by atoms with Gasteiger partial charge in [0.15, 0.2) is 0 Å². The molecule has 0 unspecified atom stereocenters. The largest absolute Gasteiger partial charge is 0.395 e. The molecule has 0 aliphatic heterocycles. The number of aliphatic hydroxyl groups excluding tert-OH is 1. The minimum absolute atomic E-state index is 0.0425. The lowest BCUT2D eigenvalue weighted by atomic mass is 10.2. The molecule has 0 fully saturated rings. The number of carbonyl (C=O) groups is 1. The summed E-state index contributed by atoms with van der Waals surface area (Å²) in [6.45, 7) is 2.13. The van der Waals surface area contributed by atoms with E-state index in [-0.39, 0.29) is 12.5 Å². The van der Waals surface area contributed by atoms with Gasteiger partial charge < -0.3 is 10.0 Å². The summed E-state index contributed by atoms with van der Waals surface area (Å²) < 4.78 is 0.539. The number of rotatable bonds is 3. The summed E-state index contributed by atoms with van der Waals surface area (Å²) in [4.78, 5) is 17.4. The summed E-state index contributed by atoms with van der Waals surface area (Å²) in [5.74, 6) is -0.150. The smallest absolute Gasteiger partial charge is 0.256 e. The maximum atomic E-state index is 11.8. The average Bonchev–Trinajstić information content (AvgIpc) is 2.17. The number of aliphatic hydroxyl groups is 1. The molecule has 82 valence electrons. The van der Waals surface area contributed by atoms with Crippen molar-refractivity contribution in [2.75, 3.05) is 20.2 Å². The molecule has 4 nitrogen and oxygen atoms in total. The summed E-state index contributed by atoms with van der Waals surface area (Å²) in [6, 6.07) is 3.51. The Bertz CT molecular complexity index is 368. The topological polar surface area (TPSA) is 53.4 Å². The third-order valence-corrected chi connectivity index (χ3v) is 2.60. The first-order valence-electron chi connectivity index (χ1n) is 4.55. The van der Waals surface area contributed by atoms with Gasteiger partial charge in [0.2, 0.25) is 0 Å². The van der Waals surface area contributed by atoms with E-state index in [0.717, 1.165) is 5.69 Å². The molecule has 1 heterocycles. The third-order valence-electron chi connectivity index (χ3n) is 2.00. The lowest BCUT2D eigenvalue weighted by Crippen LogP contribution is -2.29. The van der Waals surface area contributed by atoms with E-state index in [0.29, 0.717) is 16.7 Å². The number of amides is 1. The number of carbonyl (C=O) groups excluding carboxylic acids is 1. The van der Waals surface area contributed by atoms with Crippen LogP contribution in [-0.2, 0) is 0 Å². The zero-order valence-electron chi connectivity index (χ0n) is 8.70. The van der Waals surface area contributed by atoms with Gasteiger partial charge in [-0.2, -0.15) is 0 Å². The van der Waals surface area contributed by atoms with Gasteiger partial charge in [0.25, 0.3) is 5.91 Å². The summed E-state index contributed by atoms with van der Waals surface area (Å²) in [5.41, 5.74) is 1.36. The number of halogens is 1. The number of hydrogen-bond donors (Lipinski definition) is 1. The second kappa shape index (κ2) is 5.23. The highest BCUT2D eigenvalue weighted by molar-refractivity contribution is 9.10. The molecule has 1 N–H and O–H groups in total. The molecule has 1 aromatic rings. The minimum Gasteiger partial charge on any atom is -0.395 e. The van der Waals surface area contributed by atoms with Crippen molar-refractivity contribution >= 4 is 21.8 Å². The summed E-state index contributed by atoms with van der Waals surface area (Å²) >= 11 is 3.25. The molecule has 0 aromatic carbocycles. The maximum absolute atomic E-state index is 11.8. The molecule has 1 aromatic heterocycles. The molecular formula is C10H13BrN2O2. The molecule has 0 spiro atoms. The number of likely N-dealkylation sites (N-methyl/N-ethyl adjacent to an activating group) is 1. The Balaban J connectivity index is 2.91. The maximum Gasteiger partial charge on any atom is 0.256 e. The fourth-order valence-corrected chi connectivity index (χ4v) is 1.72. The van der Waals surface area contributed by atoms with Crippen LogP contribution in [0.4, 0.5) is 0 Å². The number of aromatic nitrogens is 1. The van der Waals surface area contributed by atoms with Crippen LogP contribution >= 0.6 is 15.9 Å². The standard InChI is InChI=1S/C10H13BrN2O2/c1-7-3-4-8(9(11)12-7)10(15)13(2)5-6-14/h3-4,14H,5-6H2,1-2H3. The molecule has 0 aliphatic rings. The van der Waals surface area contributed by atoms with Crippen LogP contribution in [0.25, 0.3) is 0 Å². The summed E-state index contributed by atoms with van der Waals surface area (Å²) in [6.07, 6.45) is 0. The second-order valence-corrected chi connectivity index (χ2v) is 3.99. The molecule has 0 saturated heterocycles. The quantitative estimate of drug-likeness (QED) is 0.842. The molecular weight excluding hydrogens is 260 g/mol. The molecule has 15 heavy (non-hydrogen) atoms. The van der Waals surface area contributed by atoms with Gasteiger partial charge in [-0.25, -0.2) is 4.98 Å². The van der Waals surface area contributed by atoms with Crippen LogP contribution in [-0.4, -0.2) is 41.1 Å². The van der Waals surface area contributed by atoms with E-state index in [2.05, 4.69) is 20.9 Å². The number of hydrogen-bond acceptors (Lipinski definition) is 3. The zero-order chi connectivity index (χ0) is 11.4. The third kappa shape index (κ3) is 3.00. The van der Waals surface area contributed by atoms with Crippen LogP contribution in [0.5, 0.6) is 0 Å². The van der Waals surface area contributed by atoms with Crippen LogP contribution < -0.4 is 0 Å². The zero-order valence-corrected chi connectivity index (χ0v) is 10.3. The number of aryl methyl sites for hydroxylation is 1. The Morgan fingerprint density at radius 2 is 2.27 bits per heavy atom. The van der Waals surface area contributed by atoms with Gasteiger partial charge in [0.1, 0.15) is 4.60 Å². The summed E-state index contributed by atoms with van der Waals surface area (Å²) in [5, 5.41) is 8.72. The van der Waals surface area contributed by atoms with E-state index in [1.807, 2.05) is 6.92 Å². The van der Waals surface area contributed by atoms with E-state index in [9.17, 15) is 4.79 Å². The molecule has 1 rings (SSSR count). The molecule has 0 aliphatic carbocycles. The Hall–Kier alpha value is -0.940. The molecule has 0 saturated carbocycles. The van der Waals surface area contributed by atoms with Crippen LogP contribution in [0.2, 0.25) is 0 Å². The predicted molar refractivity (Wildman–Crippen MR) is 60.7 cm³/mol. The average molecular weight is 273 g/mol. The fraction of sp³-hybridized carbons (Fsp3) is 0.400. The van der Waals surface area contributed by atoms with Crippen molar-refractivity contribution < 1.29 is 9.90 Å². The highest BCUT2D eigenvalue weighted by Crippen LogP contribution is 2.15. The highest BCUT2D eigenvalue weighted by Gasteiger charge is 2.14. The first-order valence-corrected chi connectivity index (χ1v) is 5.35. The Kier molecular flexibility index (Phi) is 4.23. The monoisotopic (exact) mass is 272 g/mol. The van der Waals surface area contributed by atoms with Crippen molar-refractivity contribution in [3.05, 3.63) is 28.0 Å². The van der Waals surface area contributed by atoms with Crippen molar-refractivity contribution in [3.63, 3.8) is 0 Å².